The summed E-state index contributed by atoms with van der Waals surface area (Å²) in [4.78, 5) is 13.9. The highest BCUT2D eigenvalue weighted by molar-refractivity contribution is 5.78. The van der Waals surface area contributed by atoms with Gasteiger partial charge >= 0.3 is 0 Å². The number of rotatable bonds is 4. The maximum atomic E-state index is 11.5. The van der Waals surface area contributed by atoms with Crippen LogP contribution in [-0.4, -0.2) is 29.9 Å². The van der Waals surface area contributed by atoms with Crippen molar-refractivity contribution in [3.8, 4) is 0 Å². The fourth-order valence-electron chi connectivity index (χ4n) is 2.70. The van der Waals surface area contributed by atoms with Crippen LogP contribution in [0, 0.1) is 5.92 Å². The molecule has 4 heteroatoms. The highest BCUT2D eigenvalue weighted by atomic mass is 16.2. The number of carbonyl (C=O) groups is 1. The Balaban J connectivity index is 2.54. The van der Waals surface area contributed by atoms with Crippen LogP contribution in [0.25, 0.3) is 0 Å². The largest absolute Gasteiger partial charge is 0.300 e. The SMILES string of the molecule is CC(C(=O)NN)C(C)N(C)C1CCCCCC1. The van der Waals surface area contributed by atoms with Gasteiger partial charge in [0.25, 0.3) is 0 Å². The molecule has 0 aromatic heterocycles. The van der Waals surface area contributed by atoms with Gasteiger partial charge in [-0.15, -0.1) is 0 Å². The maximum Gasteiger partial charge on any atom is 0.238 e. The monoisotopic (exact) mass is 241 g/mol. The Bertz CT molecular complexity index is 237. The molecule has 0 aromatic rings. The average molecular weight is 241 g/mol. The second kappa shape index (κ2) is 6.97. The number of nitrogens with one attached hydrogen (secondary N) is 1. The van der Waals surface area contributed by atoms with Crippen LogP contribution < -0.4 is 11.3 Å². The predicted molar refractivity (Wildman–Crippen MR) is 70.2 cm³/mol. The third-order valence-corrected chi connectivity index (χ3v) is 4.32. The fraction of sp³-hybridized carbons (Fsp3) is 0.923. The zero-order chi connectivity index (χ0) is 12.8. The molecule has 2 unspecified atom stereocenters. The van der Waals surface area contributed by atoms with Gasteiger partial charge in [0.05, 0.1) is 5.92 Å². The van der Waals surface area contributed by atoms with E-state index in [2.05, 4.69) is 24.3 Å². The average Bonchev–Trinajstić information content (AvgIpc) is 2.63. The van der Waals surface area contributed by atoms with Gasteiger partial charge in [0, 0.05) is 12.1 Å². The summed E-state index contributed by atoms with van der Waals surface area (Å²) in [7, 11) is 2.14. The molecule has 1 amide bonds. The normalized spacial score (nSPS) is 21.9. The van der Waals surface area contributed by atoms with Gasteiger partial charge in [0.2, 0.25) is 5.91 Å². The van der Waals surface area contributed by atoms with Crippen LogP contribution in [0.4, 0.5) is 0 Å². The lowest BCUT2D eigenvalue weighted by Crippen LogP contribution is -2.47. The van der Waals surface area contributed by atoms with Crippen LogP contribution in [0.2, 0.25) is 0 Å². The lowest BCUT2D eigenvalue weighted by Gasteiger charge is -2.35. The molecule has 0 aromatic carbocycles. The summed E-state index contributed by atoms with van der Waals surface area (Å²) in [6.07, 6.45) is 7.88. The summed E-state index contributed by atoms with van der Waals surface area (Å²) in [5, 5.41) is 0. The van der Waals surface area contributed by atoms with Gasteiger partial charge in [0.1, 0.15) is 0 Å². The minimum absolute atomic E-state index is 0.0618. The molecule has 1 saturated carbocycles. The van der Waals surface area contributed by atoms with E-state index in [1.165, 1.54) is 38.5 Å². The zero-order valence-corrected chi connectivity index (χ0v) is 11.4. The van der Waals surface area contributed by atoms with Crippen molar-refractivity contribution in [2.75, 3.05) is 7.05 Å². The third-order valence-electron chi connectivity index (χ3n) is 4.32. The highest BCUT2D eigenvalue weighted by Gasteiger charge is 2.27. The Morgan fingerprint density at radius 2 is 1.76 bits per heavy atom. The van der Waals surface area contributed by atoms with E-state index in [0.717, 1.165) is 0 Å². The van der Waals surface area contributed by atoms with Crippen LogP contribution >= 0.6 is 0 Å². The van der Waals surface area contributed by atoms with Crippen molar-refractivity contribution >= 4 is 5.91 Å². The number of hydrogen-bond acceptors (Lipinski definition) is 3. The van der Waals surface area contributed by atoms with Crippen molar-refractivity contribution in [1.29, 1.82) is 0 Å². The Labute approximate surface area is 105 Å². The molecule has 1 aliphatic carbocycles. The summed E-state index contributed by atoms with van der Waals surface area (Å²) < 4.78 is 0. The molecule has 1 fully saturated rings. The molecule has 0 bridgehead atoms. The number of carbonyl (C=O) groups excluding carboxylic acids is 1. The van der Waals surface area contributed by atoms with Gasteiger partial charge in [0.15, 0.2) is 0 Å². The molecule has 0 heterocycles. The van der Waals surface area contributed by atoms with E-state index >= 15 is 0 Å². The Kier molecular flexibility index (Phi) is 5.92. The van der Waals surface area contributed by atoms with Crippen molar-refractivity contribution in [2.45, 2.75) is 64.5 Å². The summed E-state index contributed by atoms with van der Waals surface area (Å²) in [5.74, 6) is 5.06. The van der Waals surface area contributed by atoms with Crippen molar-refractivity contribution in [1.82, 2.24) is 10.3 Å². The smallest absolute Gasteiger partial charge is 0.238 e. The lowest BCUT2D eigenvalue weighted by atomic mass is 9.98. The first-order valence-electron chi connectivity index (χ1n) is 6.80. The second-order valence-electron chi connectivity index (χ2n) is 5.35. The van der Waals surface area contributed by atoms with Crippen molar-refractivity contribution < 1.29 is 4.79 Å². The number of nitrogens with two attached hydrogens (primary N) is 1. The molecule has 0 radical (unpaired) electrons. The van der Waals surface area contributed by atoms with E-state index in [0.29, 0.717) is 6.04 Å². The van der Waals surface area contributed by atoms with E-state index in [-0.39, 0.29) is 17.9 Å². The van der Waals surface area contributed by atoms with Crippen LogP contribution in [0.5, 0.6) is 0 Å². The molecule has 1 aliphatic rings. The molecule has 2 atom stereocenters. The highest BCUT2D eigenvalue weighted by Crippen LogP contribution is 2.24. The van der Waals surface area contributed by atoms with E-state index in [1.54, 1.807) is 0 Å². The molecule has 0 spiro atoms. The Hall–Kier alpha value is -0.610. The standard InChI is InChI=1S/C13H27N3O/c1-10(13(17)15-14)11(2)16(3)12-8-6-4-5-7-9-12/h10-12H,4-9,14H2,1-3H3,(H,15,17). The summed E-state index contributed by atoms with van der Waals surface area (Å²) >= 11 is 0. The van der Waals surface area contributed by atoms with Crippen LogP contribution in [-0.2, 0) is 4.79 Å². The molecule has 3 N–H and O–H groups in total. The van der Waals surface area contributed by atoms with E-state index < -0.39 is 0 Å². The van der Waals surface area contributed by atoms with Gasteiger partial charge in [-0.2, -0.15) is 0 Å². The third kappa shape index (κ3) is 3.96. The first-order chi connectivity index (χ1) is 8.07. The van der Waals surface area contributed by atoms with Gasteiger partial charge in [-0.05, 0) is 26.8 Å². The molecule has 1 rings (SSSR count). The Morgan fingerprint density at radius 1 is 1.24 bits per heavy atom. The zero-order valence-electron chi connectivity index (χ0n) is 11.4. The van der Waals surface area contributed by atoms with E-state index in [1.807, 2.05) is 6.92 Å². The quantitative estimate of drug-likeness (QED) is 0.340. The number of amides is 1. The number of nitrogens with zero attached hydrogens (tertiary/aromatic N) is 1. The molecule has 0 aliphatic heterocycles. The van der Waals surface area contributed by atoms with Crippen LogP contribution in [0.1, 0.15) is 52.4 Å². The van der Waals surface area contributed by atoms with Crippen molar-refractivity contribution in [3.63, 3.8) is 0 Å². The minimum atomic E-state index is -0.0713. The molecule has 4 nitrogen and oxygen atoms in total. The van der Waals surface area contributed by atoms with E-state index in [9.17, 15) is 4.79 Å². The Morgan fingerprint density at radius 3 is 2.24 bits per heavy atom. The maximum absolute atomic E-state index is 11.5. The molecule has 100 valence electrons. The fourth-order valence-corrected chi connectivity index (χ4v) is 2.70. The van der Waals surface area contributed by atoms with Crippen LogP contribution in [0.15, 0.2) is 0 Å². The van der Waals surface area contributed by atoms with Gasteiger partial charge < -0.3 is 0 Å². The number of hydrazine groups is 1. The number of hydrogen-bond donors (Lipinski definition) is 2. The predicted octanol–water partition coefficient (Wildman–Crippen LogP) is 1.66. The first kappa shape index (κ1) is 14.5. The second-order valence-corrected chi connectivity index (χ2v) is 5.35. The van der Waals surface area contributed by atoms with Gasteiger partial charge in [-0.3, -0.25) is 15.1 Å². The molecular weight excluding hydrogens is 214 g/mol. The van der Waals surface area contributed by atoms with Gasteiger partial charge in [-0.1, -0.05) is 32.6 Å². The molecular formula is C13H27N3O. The first-order valence-corrected chi connectivity index (χ1v) is 6.80. The summed E-state index contributed by atoms with van der Waals surface area (Å²) in [6.45, 7) is 4.06. The molecule has 17 heavy (non-hydrogen) atoms. The van der Waals surface area contributed by atoms with E-state index in [4.69, 9.17) is 5.84 Å². The summed E-state index contributed by atoms with van der Waals surface area (Å²) in [6, 6.07) is 0.863. The van der Waals surface area contributed by atoms with Crippen LogP contribution in [0.3, 0.4) is 0 Å². The topological polar surface area (TPSA) is 58.4 Å². The van der Waals surface area contributed by atoms with Crippen molar-refractivity contribution in [2.24, 2.45) is 11.8 Å². The van der Waals surface area contributed by atoms with Crippen molar-refractivity contribution in [3.05, 3.63) is 0 Å². The minimum Gasteiger partial charge on any atom is -0.300 e. The molecule has 0 saturated heterocycles. The summed E-state index contributed by atoms with van der Waals surface area (Å²) in [5.41, 5.74) is 2.25. The lowest BCUT2D eigenvalue weighted by molar-refractivity contribution is -0.126. The van der Waals surface area contributed by atoms with Gasteiger partial charge in [-0.25, -0.2) is 5.84 Å².